The number of ether oxygens (including phenoxy) is 1. The van der Waals surface area contributed by atoms with Gasteiger partial charge in [-0.2, -0.15) is 0 Å². The van der Waals surface area contributed by atoms with Crippen molar-refractivity contribution in [1.82, 2.24) is 14.9 Å². The number of amides is 1. The number of nitrogens with two attached hydrogens (primary N) is 1. The number of carboxylic acid groups (broad SMARTS) is 1. The number of hydrogen-bond acceptors (Lipinski definition) is 8. The molecule has 28 heavy (non-hydrogen) atoms. The van der Waals surface area contributed by atoms with E-state index < -0.39 is 59.7 Å². The van der Waals surface area contributed by atoms with E-state index in [1.807, 2.05) is 11.9 Å². The number of aromatic nitrogens is 2. The van der Waals surface area contributed by atoms with Crippen molar-refractivity contribution < 1.29 is 29.6 Å². The lowest BCUT2D eigenvalue weighted by Crippen LogP contribution is -2.57. The Bertz CT molecular complexity index is 836. The van der Waals surface area contributed by atoms with E-state index in [9.17, 15) is 34.5 Å². The van der Waals surface area contributed by atoms with Crippen LogP contribution in [0.4, 0.5) is 0 Å². The summed E-state index contributed by atoms with van der Waals surface area (Å²) in [6, 6.07) is -1.71. The molecule has 1 aromatic heterocycles. The molecule has 0 bridgehead atoms. The van der Waals surface area contributed by atoms with Crippen LogP contribution in [0, 0.1) is 5.92 Å². The second-order valence-electron chi connectivity index (χ2n) is 6.73. The van der Waals surface area contributed by atoms with Gasteiger partial charge >= 0.3 is 11.7 Å². The predicted octanol–water partition coefficient (Wildman–Crippen LogP) is -2.90. The Labute approximate surface area is 158 Å². The van der Waals surface area contributed by atoms with Gasteiger partial charge in [-0.3, -0.25) is 19.1 Å². The Morgan fingerprint density at radius 2 is 2.00 bits per heavy atom. The second-order valence-corrected chi connectivity index (χ2v) is 6.73. The number of carbonyl (C=O) groups is 2. The minimum Gasteiger partial charge on any atom is -0.480 e. The van der Waals surface area contributed by atoms with Gasteiger partial charge in [0.2, 0.25) is 5.91 Å². The monoisotopic (exact) mass is 400 g/mol. The molecule has 1 fully saturated rings. The van der Waals surface area contributed by atoms with Crippen LogP contribution in [-0.4, -0.2) is 67.1 Å². The molecule has 2 rings (SSSR count). The summed E-state index contributed by atoms with van der Waals surface area (Å²) in [6.07, 6.45) is -4.82. The zero-order valence-electron chi connectivity index (χ0n) is 15.3. The van der Waals surface area contributed by atoms with Crippen molar-refractivity contribution in [3.63, 3.8) is 0 Å². The lowest BCUT2D eigenvalue weighted by atomic mass is 9.98. The van der Waals surface area contributed by atoms with Gasteiger partial charge in [0.15, 0.2) is 12.3 Å². The molecule has 1 saturated heterocycles. The fourth-order valence-electron chi connectivity index (χ4n) is 2.86. The Morgan fingerprint density at radius 1 is 1.36 bits per heavy atom. The number of nitrogens with zero attached hydrogens (tertiary/aromatic N) is 1. The van der Waals surface area contributed by atoms with Crippen LogP contribution in [0.1, 0.15) is 26.5 Å². The Morgan fingerprint density at radius 3 is 2.54 bits per heavy atom. The molecule has 156 valence electrons. The van der Waals surface area contributed by atoms with Crippen molar-refractivity contribution in [2.75, 3.05) is 0 Å². The SMILES string of the molecule is CC[C@H](C)C(N)C(=O)N[C@H](C(=O)O)[C@H]1O[C@@H](n2ccc(=O)[nH]c2=O)[C@H](O)[C@@H]1O. The zero-order chi connectivity index (χ0) is 21.2. The number of carboxylic acids is 1. The van der Waals surface area contributed by atoms with Crippen LogP contribution < -0.4 is 22.3 Å². The highest BCUT2D eigenvalue weighted by Gasteiger charge is 2.50. The van der Waals surface area contributed by atoms with E-state index in [4.69, 9.17) is 10.5 Å². The molecule has 1 unspecified atom stereocenters. The topological polar surface area (TPSA) is 197 Å². The summed E-state index contributed by atoms with van der Waals surface area (Å²) < 4.78 is 6.19. The van der Waals surface area contributed by atoms with E-state index >= 15 is 0 Å². The second kappa shape index (κ2) is 8.65. The van der Waals surface area contributed by atoms with Crippen LogP contribution in [0.15, 0.2) is 21.9 Å². The molecule has 0 aromatic carbocycles. The lowest BCUT2D eigenvalue weighted by molar-refractivity contribution is -0.149. The number of carbonyl (C=O) groups excluding carboxylic acids is 1. The van der Waals surface area contributed by atoms with Gasteiger partial charge in [0.25, 0.3) is 5.56 Å². The Hall–Kier alpha value is -2.54. The van der Waals surface area contributed by atoms with Crippen LogP contribution in [0.3, 0.4) is 0 Å². The van der Waals surface area contributed by atoms with Gasteiger partial charge in [-0.1, -0.05) is 20.3 Å². The molecule has 0 radical (unpaired) electrons. The quantitative estimate of drug-likeness (QED) is 0.278. The average Bonchev–Trinajstić information content (AvgIpc) is 2.93. The van der Waals surface area contributed by atoms with Crippen molar-refractivity contribution in [1.29, 1.82) is 0 Å². The van der Waals surface area contributed by atoms with E-state index in [1.54, 1.807) is 6.92 Å². The number of hydrogen-bond donors (Lipinski definition) is 6. The molecule has 1 aliphatic heterocycles. The molecule has 0 saturated carbocycles. The van der Waals surface area contributed by atoms with Crippen molar-refractivity contribution >= 4 is 11.9 Å². The summed E-state index contributed by atoms with van der Waals surface area (Å²) >= 11 is 0. The van der Waals surface area contributed by atoms with Crippen LogP contribution in [0.2, 0.25) is 0 Å². The maximum Gasteiger partial charge on any atom is 0.330 e. The number of rotatable bonds is 7. The molecule has 7 N–H and O–H groups in total. The van der Waals surface area contributed by atoms with Crippen molar-refractivity contribution in [2.24, 2.45) is 11.7 Å². The van der Waals surface area contributed by atoms with E-state index in [1.165, 1.54) is 0 Å². The molecule has 1 aliphatic rings. The minimum atomic E-state index is -1.73. The fourth-order valence-corrected chi connectivity index (χ4v) is 2.86. The van der Waals surface area contributed by atoms with E-state index in [0.29, 0.717) is 6.42 Å². The number of aliphatic carboxylic acids is 1. The van der Waals surface area contributed by atoms with Crippen molar-refractivity contribution in [3.8, 4) is 0 Å². The average molecular weight is 400 g/mol. The lowest BCUT2D eigenvalue weighted by Gasteiger charge is -2.26. The third-order valence-corrected chi connectivity index (χ3v) is 4.85. The largest absolute Gasteiger partial charge is 0.480 e. The molecule has 1 amide bonds. The number of nitrogens with one attached hydrogen (secondary N) is 2. The molecular formula is C16H24N4O8. The normalized spacial score (nSPS) is 27.8. The molecule has 12 heteroatoms. The molecule has 2 heterocycles. The third kappa shape index (κ3) is 4.30. The molecule has 12 nitrogen and oxygen atoms in total. The summed E-state index contributed by atoms with van der Waals surface area (Å²) in [5.74, 6) is -2.49. The van der Waals surface area contributed by atoms with Crippen molar-refractivity contribution in [3.05, 3.63) is 33.1 Å². The van der Waals surface area contributed by atoms with Crippen LogP contribution >= 0.6 is 0 Å². The van der Waals surface area contributed by atoms with Gasteiger partial charge in [-0.05, 0) is 5.92 Å². The third-order valence-electron chi connectivity index (χ3n) is 4.85. The van der Waals surface area contributed by atoms with Crippen LogP contribution in [-0.2, 0) is 14.3 Å². The van der Waals surface area contributed by atoms with Crippen LogP contribution in [0.25, 0.3) is 0 Å². The minimum absolute atomic E-state index is 0.220. The van der Waals surface area contributed by atoms with Crippen molar-refractivity contribution in [2.45, 2.75) is 56.9 Å². The molecule has 0 aliphatic carbocycles. The summed E-state index contributed by atoms with van der Waals surface area (Å²) in [7, 11) is 0. The van der Waals surface area contributed by atoms with E-state index in [0.717, 1.165) is 16.8 Å². The van der Waals surface area contributed by atoms with Gasteiger partial charge in [-0.15, -0.1) is 0 Å². The van der Waals surface area contributed by atoms with E-state index in [2.05, 4.69) is 5.32 Å². The van der Waals surface area contributed by atoms with E-state index in [-0.39, 0.29) is 5.92 Å². The highest BCUT2D eigenvalue weighted by Crippen LogP contribution is 2.30. The first-order chi connectivity index (χ1) is 13.1. The highest BCUT2D eigenvalue weighted by atomic mass is 16.6. The summed E-state index contributed by atoms with van der Waals surface area (Å²) in [5.41, 5.74) is 4.20. The number of aliphatic hydroxyl groups is 2. The predicted molar refractivity (Wildman–Crippen MR) is 94.2 cm³/mol. The smallest absolute Gasteiger partial charge is 0.330 e. The number of aromatic amines is 1. The molecule has 1 aromatic rings. The highest BCUT2D eigenvalue weighted by molar-refractivity contribution is 5.87. The summed E-state index contributed by atoms with van der Waals surface area (Å²) in [6.45, 7) is 3.54. The number of aliphatic hydroxyl groups excluding tert-OH is 2. The zero-order valence-corrected chi connectivity index (χ0v) is 15.3. The Balaban J connectivity index is 2.25. The molecular weight excluding hydrogens is 376 g/mol. The van der Waals surface area contributed by atoms with Gasteiger partial charge in [-0.25, -0.2) is 9.59 Å². The summed E-state index contributed by atoms with van der Waals surface area (Å²) in [4.78, 5) is 48.9. The van der Waals surface area contributed by atoms with Gasteiger partial charge in [0.1, 0.15) is 18.3 Å². The summed E-state index contributed by atoms with van der Waals surface area (Å²) in [5, 5.41) is 32.2. The van der Waals surface area contributed by atoms with Gasteiger partial charge in [0.05, 0.1) is 6.04 Å². The number of H-pyrrole nitrogens is 1. The maximum atomic E-state index is 12.3. The molecule has 7 atom stereocenters. The molecule has 0 spiro atoms. The van der Waals surface area contributed by atoms with Gasteiger partial charge in [0, 0.05) is 12.3 Å². The van der Waals surface area contributed by atoms with Gasteiger partial charge < -0.3 is 31.1 Å². The first-order valence-corrected chi connectivity index (χ1v) is 8.70. The standard InChI is InChI=1S/C16H24N4O8/c1-3-6(2)8(17)13(24)19-9(15(25)26)12-10(22)11(23)14(28-12)20-5-4-7(21)18-16(20)27/h4-6,8-12,14,22-23H,3,17H2,1-2H3,(H,19,24)(H,25,26)(H,18,21,27)/t6-,8?,9-,10-,11+,12+,14+/m0/s1. The maximum absolute atomic E-state index is 12.3. The van der Waals surface area contributed by atoms with Crippen LogP contribution in [0.5, 0.6) is 0 Å². The Kier molecular flexibility index (Phi) is 6.72. The first-order valence-electron chi connectivity index (χ1n) is 8.70. The fraction of sp³-hybridized carbons (Fsp3) is 0.625. The first kappa shape index (κ1) is 21.8.